The van der Waals surface area contributed by atoms with E-state index in [0.717, 1.165) is 11.5 Å². The van der Waals surface area contributed by atoms with Gasteiger partial charge in [-0.05, 0) is 27.7 Å². The molecule has 0 N–H and O–H groups in total. The molecule has 0 unspecified atom stereocenters. The zero-order chi connectivity index (χ0) is 16.3. The van der Waals surface area contributed by atoms with Crippen LogP contribution in [0.5, 0.6) is 5.88 Å². The number of hydrogen-bond acceptors (Lipinski definition) is 6. The van der Waals surface area contributed by atoms with E-state index in [2.05, 4.69) is 14.9 Å². The van der Waals surface area contributed by atoms with Gasteiger partial charge >= 0.3 is 6.09 Å². The van der Waals surface area contributed by atoms with Crippen molar-refractivity contribution in [2.24, 2.45) is 0 Å². The van der Waals surface area contributed by atoms with Gasteiger partial charge in [-0.2, -0.15) is 0 Å². The molecular formula is C15H24N4O3. The maximum Gasteiger partial charge on any atom is 0.410 e. The Hall–Kier alpha value is -2.05. The number of piperazine rings is 1. The standard InChI is InChI=1S/C15H24N4O3/c1-11-10-16-12(13(17-11)21-5)18-6-8-19(9-7-18)14(20)22-15(2,3)4/h10H,6-9H2,1-5H3. The van der Waals surface area contributed by atoms with Crippen LogP contribution in [0.2, 0.25) is 0 Å². The lowest BCUT2D eigenvalue weighted by molar-refractivity contribution is 0.0240. The number of amides is 1. The molecule has 1 aliphatic rings. The fraction of sp³-hybridized carbons (Fsp3) is 0.667. The van der Waals surface area contributed by atoms with Gasteiger partial charge in [0, 0.05) is 26.2 Å². The second kappa shape index (κ2) is 6.37. The van der Waals surface area contributed by atoms with Gasteiger partial charge in [0.15, 0.2) is 5.82 Å². The first kappa shape index (κ1) is 16.3. The van der Waals surface area contributed by atoms with Crippen molar-refractivity contribution in [2.45, 2.75) is 33.3 Å². The minimum absolute atomic E-state index is 0.269. The molecule has 122 valence electrons. The quantitative estimate of drug-likeness (QED) is 0.830. The molecule has 1 aliphatic heterocycles. The molecule has 1 saturated heterocycles. The summed E-state index contributed by atoms with van der Waals surface area (Å²) in [6.07, 6.45) is 1.45. The zero-order valence-corrected chi connectivity index (χ0v) is 13.9. The van der Waals surface area contributed by atoms with E-state index in [0.29, 0.717) is 32.1 Å². The molecule has 7 nitrogen and oxygen atoms in total. The highest BCUT2D eigenvalue weighted by molar-refractivity contribution is 5.68. The smallest absolute Gasteiger partial charge is 0.410 e. The molecule has 1 aromatic heterocycles. The number of nitrogens with zero attached hydrogens (tertiary/aromatic N) is 4. The van der Waals surface area contributed by atoms with Crippen molar-refractivity contribution in [2.75, 3.05) is 38.2 Å². The number of ether oxygens (including phenoxy) is 2. The highest BCUT2D eigenvalue weighted by Crippen LogP contribution is 2.24. The molecule has 0 atom stereocenters. The van der Waals surface area contributed by atoms with Crippen molar-refractivity contribution in [1.82, 2.24) is 14.9 Å². The first-order valence-corrected chi connectivity index (χ1v) is 7.40. The normalized spacial score (nSPS) is 15.7. The van der Waals surface area contributed by atoms with Crippen LogP contribution < -0.4 is 9.64 Å². The molecular weight excluding hydrogens is 284 g/mol. The van der Waals surface area contributed by atoms with Gasteiger partial charge < -0.3 is 19.3 Å². The lowest BCUT2D eigenvalue weighted by Gasteiger charge is -2.36. The second-order valence-electron chi connectivity index (χ2n) is 6.30. The topological polar surface area (TPSA) is 67.8 Å². The lowest BCUT2D eigenvalue weighted by atomic mass is 10.2. The Morgan fingerprint density at radius 2 is 1.86 bits per heavy atom. The number of hydrogen-bond donors (Lipinski definition) is 0. The van der Waals surface area contributed by atoms with Crippen LogP contribution in [0.4, 0.5) is 10.6 Å². The molecule has 0 aromatic carbocycles. The molecule has 2 rings (SSSR count). The number of aromatic nitrogens is 2. The van der Waals surface area contributed by atoms with Gasteiger partial charge in [0.2, 0.25) is 0 Å². The fourth-order valence-corrected chi connectivity index (χ4v) is 2.23. The molecule has 0 spiro atoms. The molecule has 7 heteroatoms. The summed E-state index contributed by atoms with van der Waals surface area (Å²) in [4.78, 5) is 24.6. The van der Waals surface area contributed by atoms with Gasteiger partial charge in [0.25, 0.3) is 5.88 Å². The average molecular weight is 308 g/mol. The maximum atomic E-state index is 12.1. The number of rotatable bonds is 2. The third-order valence-corrected chi connectivity index (χ3v) is 3.27. The Kier molecular flexibility index (Phi) is 4.73. The minimum atomic E-state index is -0.472. The maximum absolute atomic E-state index is 12.1. The van der Waals surface area contributed by atoms with Gasteiger partial charge in [0.05, 0.1) is 19.0 Å². The Labute approximate surface area is 131 Å². The fourth-order valence-electron chi connectivity index (χ4n) is 2.23. The molecule has 0 saturated carbocycles. The summed E-state index contributed by atoms with van der Waals surface area (Å²) in [5.41, 5.74) is 0.341. The third-order valence-electron chi connectivity index (χ3n) is 3.27. The van der Waals surface area contributed by atoms with Gasteiger partial charge in [-0.3, -0.25) is 0 Å². The molecule has 1 aromatic rings. The predicted molar refractivity (Wildman–Crippen MR) is 83.3 cm³/mol. The summed E-state index contributed by atoms with van der Waals surface area (Å²) < 4.78 is 10.7. The van der Waals surface area contributed by atoms with Crippen LogP contribution in [0.25, 0.3) is 0 Å². The molecule has 1 amide bonds. The van der Waals surface area contributed by atoms with Crippen LogP contribution in [0.3, 0.4) is 0 Å². The van der Waals surface area contributed by atoms with Crippen molar-refractivity contribution in [3.8, 4) is 5.88 Å². The summed E-state index contributed by atoms with van der Waals surface area (Å²) in [5, 5.41) is 0. The summed E-state index contributed by atoms with van der Waals surface area (Å²) >= 11 is 0. The Morgan fingerprint density at radius 3 is 2.41 bits per heavy atom. The van der Waals surface area contributed by atoms with E-state index < -0.39 is 5.60 Å². The SMILES string of the molecule is COc1nc(C)cnc1N1CCN(C(=O)OC(C)(C)C)CC1. The lowest BCUT2D eigenvalue weighted by Crippen LogP contribution is -2.50. The highest BCUT2D eigenvalue weighted by Gasteiger charge is 2.27. The van der Waals surface area contributed by atoms with Crippen LogP contribution in [0, 0.1) is 6.92 Å². The first-order chi connectivity index (χ1) is 10.3. The van der Waals surface area contributed by atoms with Crippen LogP contribution in [-0.2, 0) is 4.74 Å². The monoisotopic (exact) mass is 308 g/mol. The minimum Gasteiger partial charge on any atom is -0.478 e. The van der Waals surface area contributed by atoms with Crippen LogP contribution in [0.1, 0.15) is 26.5 Å². The van der Waals surface area contributed by atoms with Gasteiger partial charge in [0.1, 0.15) is 5.60 Å². The molecule has 0 bridgehead atoms. The molecule has 2 heterocycles. The van der Waals surface area contributed by atoms with Gasteiger partial charge in [-0.15, -0.1) is 0 Å². The average Bonchev–Trinajstić information content (AvgIpc) is 2.45. The first-order valence-electron chi connectivity index (χ1n) is 7.40. The number of aryl methyl sites for hydroxylation is 1. The zero-order valence-electron chi connectivity index (χ0n) is 13.9. The molecule has 22 heavy (non-hydrogen) atoms. The summed E-state index contributed by atoms with van der Waals surface area (Å²) in [7, 11) is 1.59. The van der Waals surface area contributed by atoms with Crippen molar-refractivity contribution >= 4 is 11.9 Å². The van der Waals surface area contributed by atoms with Gasteiger partial charge in [-0.1, -0.05) is 0 Å². The Balaban J connectivity index is 1.99. The van der Waals surface area contributed by atoms with Crippen molar-refractivity contribution in [1.29, 1.82) is 0 Å². The van der Waals surface area contributed by atoms with Crippen molar-refractivity contribution in [3.05, 3.63) is 11.9 Å². The van der Waals surface area contributed by atoms with Crippen LogP contribution in [-0.4, -0.2) is 59.9 Å². The molecule has 0 aliphatic carbocycles. The number of carbonyl (C=O) groups excluding carboxylic acids is 1. The highest BCUT2D eigenvalue weighted by atomic mass is 16.6. The van der Waals surface area contributed by atoms with E-state index in [9.17, 15) is 4.79 Å². The van der Waals surface area contributed by atoms with Crippen LogP contribution >= 0.6 is 0 Å². The Morgan fingerprint density at radius 1 is 1.23 bits per heavy atom. The number of methoxy groups -OCH3 is 1. The largest absolute Gasteiger partial charge is 0.478 e. The Bertz CT molecular complexity index is 534. The van der Waals surface area contributed by atoms with E-state index >= 15 is 0 Å². The summed E-state index contributed by atoms with van der Waals surface area (Å²) in [6.45, 7) is 10.0. The van der Waals surface area contributed by atoms with E-state index in [1.54, 1.807) is 18.2 Å². The number of carbonyl (C=O) groups is 1. The van der Waals surface area contributed by atoms with Crippen molar-refractivity contribution in [3.63, 3.8) is 0 Å². The predicted octanol–water partition coefficient (Wildman–Crippen LogP) is 1.85. The van der Waals surface area contributed by atoms with E-state index in [4.69, 9.17) is 9.47 Å². The summed E-state index contributed by atoms with van der Waals surface area (Å²) in [6, 6.07) is 0. The summed E-state index contributed by atoms with van der Waals surface area (Å²) in [5.74, 6) is 1.24. The van der Waals surface area contributed by atoms with Crippen LogP contribution in [0.15, 0.2) is 6.20 Å². The van der Waals surface area contributed by atoms with E-state index in [-0.39, 0.29) is 6.09 Å². The van der Waals surface area contributed by atoms with Gasteiger partial charge in [-0.25, -0.2) is 14.8 Å². The molecule has 0 radical (unpaired) electrons. The molecule has 1 fully saturated rings. The number of anilines is 1. The van der Waals surface area contributed by atoms with E-state index in [1.807, 2.05) is 27.7 Å². The van der Waals surface area contributed by atoms with Crippen molar-refractivity contribution < 1.29 is 14.3 Å². The third kappa shape index (κ3) is 3.99. The second-order valence-corrected chi connectivity index (χ2v) is 6.30. The van der Waals surface area contributed by atoms with E-state index in [1.165, 1.54) is 0 Å².